The minimum Gasteiger partial charge on any atom is -0.497 e. The average Bonchev–Trinajstić information content (AvgIpc) is 3.17. The van der Waals surface area contributed by atoms with Crippen LogP contribution >= 0.6 is 11.3 Å². The number of anilines is 2. The molecule has 0 atom stereocenters. The summed E-state index contributed by atoms with van der Waals surface area (Å²) in [7, 11) is 3.27. The zero-order valence-electron chi connectivity index (χ0n) is 16.1. The molecular weight excluding hydrogens is 372 g/mol. The van der Waals surface area contributed by atoms with Crippen molar-refractivity contribution in [3.8, 4) is 28.5 Å². The van der Waals surface area contributed by atoms with Crippen LogP contribution in [0.4, 0.5) is 10.8 Å². The standard InChI is InChI=1S/C22H22N2O3S/c1-5-6-15(2)27-17-9-7-16(8-10-17)23-22-24-20(14-28-22)19-12-11-18(25-3)13-21(19)26-4/h5-14H,1H2,2-4H3,(H,23,24)/b15-6+. The number of thiazole rings is 1. The Hall–Kier alpha value is -3.25. The maximum Gasteiger partial charge on any atom is 0.187 e. The van der Waals surface area contributed by atoms with Crippen molar-refractivity contribution in [2.45, 2.75) is 6.92 Å². The third-order valence-electron chi connectivity index (χ3n) is 3.93. The molecule has 0 amide bonds. The summed E-state index contributed by atoms with van der Waals surface area (Å²) in [5, 5.41) is 6.10. The van der Waals surface area contributed by atoms with E-state index in [9.17, 15) is 0 Å². The highest BCUT2D eigenvalue weighted by molar-refractivity contribution is 7.14. The van der Waals surface area contributed by atoms with Gasteiger partial charge in [0, 0.05) is 22.7 Å². The predicted octanol–water partition coefficient (Wildman–Crippen LogP) is 6.04. The van der Waals surface area contributed by atoms with E-state index in [4.69, 9.17) is 14.2 Å². The van der Waals surface area contributed by atoms with Crippen molar-refractivity contribution in [2.24, 2.45) is 0 Å². The molecule has 0 aliphatic carbocycles. The summed E-state index contributed by atoms with van der Waals surface area (Å²) in [4.78, 5) is 4.67. The smallest absolute Gasteiger partial charge is 0.187 e. The Labute approximate surface area is 168 Å². The van der Waals surface area contributed by atoms with Crippen molar-refractivity contribution in [3.63, 3.8) is 0 Å². The molecule has 0 radical (unpaired) electrons. The van der Waals surface area contributed by atoms with Crippen LogP contribution in [0.5, 0.6) is 17.2 Å². The summed E-state index contributed by atoms with van der Waals surface area (Å²) in [5.41, 5.74) is 2.69. The molecule has 1 N–H and O–H groups in total. The van der Waals surface area contributed by atoms with Crippen LogP contribution in [0.3, 0.4) is 0 Å². The molecule has 0 unspecified atom stereocenters. The number of benzene rings is 2. The second-order valence-electron chi connectivity index (χ2n) is 5.87. The van der Waals surface area contributed by atoms with E-state index in [0.717, 1.165) is 45.1 Å². The molecule has 0 aliphatic rings. The Kier molecular flexibility index (Phi) is 6.34. The lowest BCUT2D eigenvalue weighted by Gasteiger charge is -2.08. The zero-order chi connectivity index (χ0) is 19.9. The van der Waals surface area contributed by atoms with Crippen LogP contribution in [-0.4, -0.2) is 19.2 Å². The number of nitrogens with zero attached hydrogens (tertiary/aromatic N) is 1. The largest absolute Gasteiger partial charge is 0.497 e. The first-order chi connectivity index (χ1) is 13.6. The van der Waals surface area contributed by atoms with Gasteiger partial charge in [-0.25, -0.2) is 4.98 Å². The van der Waals surface area contributed by atoms with Crippen LogP contribution < -0.4 is 19.5 Å². The van der Waals surface area contributed by atoms with Crippen LogP contribution in [0, 0.1) is 0 Å². The minimum absolute atomic E-state index is 0.723. The van der Waals surface area contributed by atoms with Crippen LogP contribution in [0.15, 0.2) is 72.3 Å². The van der Waals surface area contributed by atoms with Crippen LogP contribution in [-0.2, 0) is 0 Å². The first-order valence-electron chi connectivity index (χ1n) is 8.65. The van der Waals surface area contributed by atoms with E-state index in [2.05, 4.69) is 16.9 Å². The Morgan fingerprint density at radius 2 is 1.82 bits per heavy atom. The molecule has 0 fully saturated rings. The van der Waals surface area contributed by atoms with E-state index >= 15 is 0 Å². The highest BCUT2D eigenvalue weighted by Crippen LogP contribution is 2.35. The fourth-order valence-electron chi connectivity index (χ4n) is 2.58. The lowest BCUT2D eigenvalue weighted by atomic mass is 10.1. The fraction of sp³-hybridized carbons (Fsp3) is 0.136. The van der Waals surface area contributed by atoms with Crippen molar-refractivity contribution >= 4 is 22.2 Å². The Morgan fingerprint density at radius 1 is 1.07 bits per heavy atom. The second-order valence-corrected chi connectivity index (χ2v) is 6.73. The molecule has 28 heavy (non-hydrogen) atoms. The van der Waals surface area contributed by atoms with E-state index in [1.54, 1.807) is 20.3 Å². The number of hydrogen-bond donors (Lipinski definition) is 1. The number of aromatic nitrogens is 1. The van der Waals surface area contributed by atoms with E-state index in [1.165, 1.54) is 11.3 Å². The summed E-state index contributed by atoms with van der Waals surface area (Å²) in [5.74, 6) is 3.02. The number of nitrogens with one attached hydrogen (secondary N) is 1. The number of ether oxygens (including phenoxy) is 3. The highest BCUT2D eigenvalue weighted by atomic mass is 32.1. The third-order valence-corrected chi connectivity index (χ3v) is 4.68. The average molecular weight is 394 g/mol. The lowest BCUT2D eigenvalue weighted by Crippen LogP contribution is -1.93. The molecule has 1 heterocycles. The maximum absolute atomic E-state index is 5.69. The molecule has 144 valence electrons. The SMILES string of the molecule is C=C/C=C(\C)Oc1ccc(Nc2nc(-c3ccc(OC)cc3OC)cs2)cc1. The third kappa shape index (κ3) is 4.72. The molecule has 0 spiro atoms. The number of hydrogen-bond acceptors (Lipinski definition) is 6. The fourth-order valence-corrected chi connectivity index (χ4v) is 3.31. The molecule has 3 rings (SSSR count). The second kappa shape index (κ2) is 9.10. The van der Waals surface area contributed by atoms with Gasteiger partial charge in [0.25, 0.3) is 0 Å². The monoisotopic (exact) mass is 394 g/mol. The van der Waals surface area contributed by atoms with Crippen LogP contribution in [0.1, 0.15) is 6.92 Å². The van der Waals surface area contributed by atoms with Gasteiger partial charge in [-0.1, -0.05) is 12.7 Å². The summed E-state index contributed by atoms with van der Waals surface area (Å²) < 4.78 is 16.4. The molecular formula is C22H22N2O3S. The minimum atomic E-state index is 0.723. The number of allylic oxidation sites excluding steroid dienone is 3. The van der Waals surface area contributed by atoms with Gasteiger partial charge in [-0.2, -0.15) is 0 Å². The van der Waals surface area contributed by atoms with E-state index in [0.29, 0.717) is 0 Å². The van der Waals surface area contributed by atoms with Gasteiger partial charge in [0.1, 0.15) is 23.0 Å². The number of methoxy groups -OCH3 is 2. The highest BCUT2D eigenvalue weighted by Gasteiger charge is 2.11. The molecule has 2 aromatic carbocycles. The van der Waals surface area contributed by atoms with Crippen molar-refractivity contribution in [2.75, 3.05) is 19.5 Å². The molecule has 3 aromatic rings. The summed E-state index contributed by atoms with van der Waals surface area (Å²) in [6.07, 6.45) is 3.51. The molecule has 0 bridgehead atoms. The summed E-state index contributed by atoms with van der Waals surface area (Å²) in [6.45, 7) is 5.55. The molecule has 0 aliphatic heterocycles. The lowest BCUT2D eigenvalue weighted by molar-refractivity contribution is 0.395. The van der Waals surface area contributed by atoms with E-state index in [1.807, 2.05) is 60.8 Å². The molecule has 6 heteroatoms. The molecule has 5 nitrogen and oxygen atoms in total. The van der Waals surface area contributed by atoms with Gasteiger partial charge in [0.2, 0.25) is 0 Å². The first kappa shape index (κ1) is 19.5. The molecule has 1 aromatic heterocycles. The maximum atomic E-state index is 5.69. The Morgan fingerprint density at radius 3 is 2.50 bits per heavy atom. The van der Waals surface area contributed by atoms with Gasteiger partial charge in [-0.15, -0.1) is 11.3 Å². The van der Waals surface area contributed by atoms with E-state index in [-0.39, 0.29) is 0 Å². The van der Waals surface area contributed by atoms with Crippen LogP contribution in [0.25, 0.3) is 11.3 Å². The normalized spacial score (nSPS) is 11.0. The molecule has 0 saturated carbocycles. The summed E-state index contributed by atoms with van der Waals surface area (Å²) >= 11 is 1.53. The van der Waals surface area contributed by atoms with Crippen molar-refractivity contribution in [3.05, 3.63) is 72.3 Å². The van der Waals surface area contributed by atoms with Gasteiger partial charge in [0.05, 0.1) is 19.9 Å². The summed E-state index contributed by atoms with van der Waals surface area (Å²) in [6, 6.07) is 13.4. The van der Waals surface area contributed by atoms with Gasteiger partial charge < -0.3 is 19.5 Å². The first-order valence-corrected chi connectivity index (χ1v) is 9.53. The number of rotatable bonds is 8. The van der Waals surface area contributed by atoms with Crippen molar-refractivity contribution < 1.29 is 14.2 Å². The van der Waals surface area contributed by atoms with Gasteiger partial charge >= 0.3 is 0 Å². The van der Waals surface area contributed by atoms with Crippen molar-refractivity contribution in [1.29, 1.82) is 0 Å². The predicted molar refractivity (Wildman–Crippen MR) is 115 cm³/mol. The molecule has 0 saturated heterocycles. The Balaban J connectivity index is 1.73. The van der Waals surface area contributed by atoms with Crippen LogP contribution in [0.2, 0.25) is 0 Å². The van der Waals surface area contributed by atoms with Gasteiger partial charge in [-0.3, -0.25) is 0 Å². The van der Waals surface area contributed by atoms with Gasteiger partial charge in [-0.05, 0) is 49.4 Å². The van der Waals surface area contributed by atoms with E-state index < -0.39 is 0 Å². The van der Waals surface area contributed by atoms with Crippen molar-refractivity contribution in [1.82, 2.24) is 4.98 Å². The Bertz CT molecular complexity index is 978. The van der Waals surface area contributed by atoms with Gasteiger partial charge in [0.15, 0.2) is 5.13 Å². The quantitative estimate of drug-likeness (QED) is 0.373. The topological polar surface area (TPSA) is 52.6 Å². The zero-order valence-corrected chi connectivity index (χ0v) is 16.9.